The standard InChI is InChI=1S/C19H31N3/c1-15(2)14-22-12-6-5-9-18(22)16-10-11-19(20-13-16)21-17-7-3-4-8-17/h10-11,13,15,17-18H,3-9,12,14H2,1-2H3,(H,20,21). The van der Waals surface area contributed by atoms with Crippen molar-refractivity contribution >= 4 is 5.82 Å². The van der Waals surface area contributed by atoms with Crippen LogP contribution in [0.15, 0.2) is 18.3 Å². The van der Waals surface area contributed by atoms with Crippen LogP contribution in [0.2, 0.25) is 0 Å². The van der Waals surface area contributed by atoms with Gasteiger partial charge < -0.3 is 5.32 Å². The number of pyridine rings is 1. The molecule has 0 bridgehead atoms. The van der Waals surface area contributed by atoms with Gasteiger partial charge in [0.2, 0.25) is 0 Å². The van der Waals surface area contributed by atoms with Crippen molar-refractivity contribution in [2.75, 3.05) is 18.4 Å². The van der Waals surface area contributed by atoms with Gasteiger partial charge in [0.05, 0.1) is 0 Å². The second-order valence-electron chi connectivity index (χ2n) is 7.50. The van der Waals surface area contributed by atoms with Crippen LogP contribution >= 0.6 is 0 Å². The summed E-state index contributed by atoms with van der Waals surface area (Å²) in [4.78, 5) is 7.36. The first-order chi connectivity index (χ1) is 10.7. The monoisotopic (exact) mass is 301 g/mol. The van der Waals surface area contributed by atoms with Gasteiger partial charge in [0.25, 0.3) is 0 Å². The Morgan fingerprint density at radius 1 is 1.14 bits per heavy atom. The van der Waals surface area contributed by atoms with E-state index in [0.717, 1.165) is 11.7 Å². The van der Waals surface area contributed by atoms with Crippen LogP contribution in [0.4, 0.5) is 5.82 Å². The van der Waals surface area contributed by atoms with Crippen LogP contribution in [0.5, 0.6) is 0 Å². The first kappa shape index (κ1) is 15.8. The van der Waals surface area contributed by atoms with Gasteiger partial charge in [0.15, 0.2) is 0 Å². The van der Waals surface area contributed by atoms with E-state index in [-0.39, 0.29) is 0 Å². The van der Waals surface area contributed by atoms with Crippen molar-refractivity contribution in [2.45, 2.75) is 70.9 Å². The van der Waals surface area contributed by atoms with Crippen molar-refractivity contribution in [3.8, 4) is 0 Å². The van der Waals surface area contributed by atoms with E-state index in [9.17, 15) is 0 Å². The zero-order chi connectivity index (χ0) is 15.4. The summed E-state index contributed by atoms with van der Waals surface area (Å²) >= 11 is 0. The Kier molecular flexibility index (Phi) is 5.35. The minimum absolute atomic E-state index is 0.573. The molecule has 1 atom stereocenters. The molecule has 1 aliphatic heterocycles. The molecule has 1 unspecified atom stereocenters. The Morgan fingerprint density at radius 3 is 2.59 bits per heavy atom. The van der Waals surface area contributed by atoms with Crippen LogP contribution in [0, 0.1) is 5.92 Å². The molecule has 3 rings (SSSR count). The van der Waals surface area contributed by atoms with Gasteiger partial charge in [-0.15, -0.1) is 0 Å². The molecule has 1 aromatic heterocycles. The average molecular weight is 301 g/mol. The maximum Gasteiger partial charge on any atom is 0.126 e. The molecule has 1 N–H and O–H groups in total. The maximum atomic E-state index is 4.69. The molecular formula is C19H31N3. The van der Waals surface area contributed by atoms with Crippen molar-refractivity contribution in [2.24, 2.45) is 5.92 Å². The van der Waals surface area contributed by atoms with E-state index >= 15 is 0 Å². The molecule has 2 heterocycles. The fourth-order valence-electron chi connectivity index (χ4n) is 4.02. The van der Waals surface area contributed by atoms with Crippen LogP contribution in [-0.2, 0) is 0 Å². The third kappa shape index (κ3) is 4.01. The second kappa shape index (κ2) is 7.45. The predicted octanol–water partition coefficient (Wildman–Crippen LogP) is 4.62. The summed E-state index contributed by atoms with van der Waals surface area (Å²) in [7, 11) is 0. The number of piperidine rings is 1. The molecule has 0 spiro atoms. The third-order valence-corrected chi connectivity index (χ3v) is 5.09. The maximum absolute atomic E-state index is 4.69. The zero-order valence-electron chi connectivity index (χ0n) is 14.2. The van der Waals surface area contributed by atoms with Gasteiger partial charge in [0.1, 0.15) is 5.82 Å². The smallest absolute Gasteiger partial charge is 0.126 e. The van der Waals surface area contributed by atoms with Crippen LogP contribution in [0.3, 0.4) is 0 Å². The van der Waals surface area contributed by atoms with E-state index in [1.807, 2.05) is 0 Å². The lowest BCUT2D eigenvalue weighted by atomic mass is 9.95. The summed E-state index contributed by atoms with van der Waals surface area (Å²) in [6.45, 7) is 7.08. The molecule has 3 heteroatoms. The number of nitrogens with one attached hydrogen (secondary N) is 1. The largest absolute Gasteiger partial charge is 0.367 e. The highest BCUT2D eigenvalue weighted by Gasteiger charge is 2.24. The Balaban J connectivity index is 1.64. The lowest BCUT2D eigenvalue weighted by Gasteiger charge is -2.37. The SMILES string of the molecule is CC(C)CN1CCCCC1c1ccc(NC2CCCC2)nc1. The van der Waals surface area contributed by atoms with Gasteiger partial charge >= 0.3 is 0 Å². The molecule has 1 saturated heterocycles. The zero-order valence-corrected chi connectivity index (χ0v) is 14.2. The Labute approximate surface area is 135 Å². The molecule has 0 amide bonds. The van der Waals surface area contributed by atoms with E-state index in [0.29, 0.717) is 12.1 Å². The topological polar surface area (TPSA) is 28.2 Å². The van der Waals surface area contributed by atoms with Crippen molar-refractivity contribution in [3.63, 3.8) is 0 Å². The fraction of sp³-hybridized carbons (Fsp3) is 0.737. The summed E-state index contributed by atoms with van der Waals surface area (Å²) in [6.07, 6.45) is 11.4. The Bertz CT molecular complexity index is 448. The number of anilines is 1. The highest BCUT2D eigenvalue weighted by molar-refractivity contribution is 5.37. The third-order valence-electron chi connectivity index (χ3n) is 5.09. The van der Waals surface area contributed by atoms with Crippen LogP contribution < -0.4 is 5.32 Å². The molecule has 2 fully saturated rings. The number of hydrogen-bond donors (Lipinski definition) is 1. The predicted molar refractivity (Wildman–Crippen MR) is 93.1 cm³/mol. The quantitative estimate of drug-likeness (QED) is 0.860. The highest BCUT2D eigenvalue weighted by Crippen LogP contribution is 2.31. The lowest BCUT2D eigenvalue weighted by molar-refractivity contribution is 0.132. The van der Waals surface area contributed by atoms with Gasteiger partial charge in [-0.3, -0.25) is 4.90 Å². The van der Waals surface area contributed by atoms with E-state index in [4.69, 9.17) is 4.98 Å². The average Bonchev–Trinajstić information content (AvgIpc) is 3.01. The molecule has 1 aromatic rings. The van der Waals surface area contributed by atoms with Crippen molar-refractivity contribution < 1.29 is 0 Å². The molecular weight excluding hydrogens is 270 g/mol. The van der Waals surface area contributed by atoms with Crippen molar-refractivity contribution in [3.05, 3.63) is 23.9 Å². The normalized spacial score (nSPS) is 24.0. The van der Waals surface area contributed by atoms with E-state index in [2.05, 4.69) is 42.4 Å². The van der Waals surface area contributed by atoms with Crippen molar-refractivity contribution in [1.82, 2.24) is 9.88 Å². The van der Waals surface area contributed by atoms with Crippen molar-refractivity contribution in [1.29, 1.82) is 0 Å². The summed E-state index contributed by atoms with van der Waals surface area (Å²) in [5, 5.41) is 3.59. The Morgan fingerprint density at radius 2 is 1.91 bits per heavy atom. The van der Waals surface area contributed by atoms with Gasteiger partial charge in [0, 0.05) is 24.8 Å². The number of rotatable bonds is 5. The highest BCUT2D eigenvalue weighted by atomic mass is 15.2. The van der Waals surface area contributed by atoms with Gasteiger partial charge in [-0.25, -0.2) is 4.98 Å². The molecule has 22 heavy (non-hydrogen) atoms. The minimum Gasteiger partial charge on any atom is -0.367 e. The van der Waals surface area contributed by atoms with Gasteiger partial charge in [-0.1, -0.05) is 39.2 Å². The number of aromatic nitrogens is 1. The number of likely N-dealkylation sites (tertiary alicyclic amines) is 1. The summed E-state index contributed by atoms with van der Waals surface area (Å²) in [6, 6.07) is 5.71. The Hall–Kier alpha value is -1.09. The van der Waals surface area contributed by atoms with Crippen LogP contribution in [0.1, 0.15) is 70.4 Å². The van der Waals surface area contributed by atoms with E-state index < -0.39 is 0 Å². The van der Waals surface area contributed by atoms with Gasteiger partial charge in [-0.05, 0) is 49.8 Å². The summed E-state index contributed by atoms with van der Waals surface area (Å²) < 4.78 is 0. The molecule has 1 saturated carbocycles. The number of hydrogen-bond acceptors (Lipinski definition) is 3. The lowest BCUT2D eigenvalue weighted by Crippen LogP contribution is -2.36. The molecule has 0 radical (unpaired) electrons. The summed E-state index contributed by atoms with van der Waals surface area (Å²) in [5.74, 6) is 1.79. The van der Waals surface area contributed by atoms with E-state index in [1.165, 1.54) is 63.6 Å². The van der Waals surface area contributed by atoms with Crippen LogP contribution in [-0.4, -0.2) is 29.0 Å². The first-order valence-electron chi connectivity index (χ1n) is 9.19. The summed E-state index contributed by atoms with van der Waals surface area (Å²) in [5.41, 5.74) is 1.40. The second-order valence-corrected chi connectivity index (χ2v) is 7.50. The molecule has 1 aliphatic carbocycles. The molecule has 0 aromatic carbocycles. The number of nitrogens with zero attached hydrogens (tertiary/aromatic N) is 2. The first-order valence-corrected chi connectivity index (χ1v) is 9.19. The minimum atomic E-state index is 0.573. The molecule has 122 valence electrons. The van der Waals surface area contributed by atoms with Crippen LogP contribution in [0.25, 0.3) is 0 Å². The molecule has 3 nitrogen and oxygen atoms in total. The van der Waals surface area contributed by atoms with E-state index in [1.54, 1.807) is 0 Å². The molecule has 2 aliphatic rings. The fourth-order valence-corrected chi connectivity index (χ4v) is 4.02. The van der Waals surface area contributed by atoms with Gasteiger partial charge in [-0.2, -0.15) is 0 Å².